The van der Waals surface area contributed by atoms with Gasteiger partial charge in [0.05, 0.1) is 17.7 Å². The predicted octanol–water partition coefficient (Wildman–Crippen LogP) is 1.90. The third-order valence-corrected chi connectivity index (χ3v) is 4.39. The van der Waals surface area contributed by atoms with Crippen molar-refractivity contribution in [3.63, 3.8) is 0 Å². The van der Waals surface area contributed by atoms with Crippen LogP contribution in [-0.2, 0) is 6.54 Å². The average Bonchev–Trinajstić information content (AvgIpc) is 2.91. The molecule has 0 radical (unpaired) electrons. The van der Waals surface area contributed by atoms with E-state index in [0.29, 0.717) is 23.9 Å². The van der Waals surface area contributed by atoms with Gasteiger partial charge in [-0.05, 0) is 42.5 Å². The molecule has 1 aromatic rings. The Morgan fingerprint density at radius 1 is 1.32 bits per heavy atom. The van der Waals surface area contributed by atoms with Crippen LogP contribution in [0.2, 0.25) is 0 Å². The van der Waals surface area contributed by atoms with Crippen molar-refractivity contribution in [2.24, 2.45) is 11.8 Å². The van der Waals surface area contributed by atoms with Crippen molar-refractivity contribution < 1.29 is 9.50 Å². The summed E-state index contributed by atoms with van der Waals surface area (Å²) < 4.78 is 13.4. The summed E-state index contributed by atoms with van der Waals surface area (Å²) in [6.07, 6.45) is 1.84. The van der Waals surface area contributed by atoms with Gasteiger partial charge >= 0.3 is 0 Å². The van der Waals surface area contributed by atoms with Crippen molar-refractivity contribution in [2.75, 3.05) is 13.1 Å². The van der Waals surface area contributed by atoms with Crippen LogP contribution >= 0.6 is 0 Å². The molecule has 3 nitrogen and oxygen atoms in total. The van der Waals surface area contributed by atoms with Crippen LogP contribution in [0.5, 0.6) is 0 Å². The molecule has 1 heterocycles. The average molecular weight is 260 g/mol. The normalized spacial score (nSPS) is 30.3. The standard InChI is InChI=1S/C15H17FN2O/c16-13-4-10(6-17)3-11(5-13)7-18-8-12-1-2-15(19)14(12)9-18/h3-5,12,14-15,19H,1-2,7-9H2. The van der Waals surface area contributed by atoms with Gasteiger partial charge in [-0.15, -0.1) is 0 Å². The molecular weight excluding hydrogens is 243 g/mol. The highest BCUT2D eigenvalue weighted by Crippen LogP contribution is 2.38. The van der Waals surface area contributed by atoms with E-state index < -0.39 is 0 Å². The number of benzene rings is 1. The fraction of sp³-hybridized carbons (Fsp3) is 0.533. The van der Waals surface area contributed by atoms with Crippen LogP contribution in [0.25, 0.3) is 0 Å². The third kappa shape index (κ3) is 2.49. The molecule has 0 bridgehead atoms. The minimum Gasteiger partial charge on any atom is -0.393 e. The summed E-state index contributed by atoms with van der Waals surface area (Å²) in [5.74, 6) is 0.608. The molecule has 2 fully saturated rings. The molecule has 1 saturated heterocycles. The van der Waals surface area contributed by atoms with Crippen molar-refractivity contribution in [1.29, 1.82) is 5.26 Å². The number of nitrogens with zero attached hydrogens (tertiary/aromatic N) is 2. The maximum atomic E-state index is 13.4. The second-order valence-electron chi connectivity index (χ2n) is 5.72. The summed E-state index contributed by atoms with van der Waals surface area (Å²) >= 11 is 0. The number of halogens is 1. The van der Waals surface area contributed by atoms with E-state index >= 15 is 0 Å². The zero-order valence-electron chi connectivity index (χ0n) is 10.7. The van der Waals surface area contributed by atoms with Crippen molar-refractivity contribution in [3.8, 4) is 6.07 Å². The second-order valence-corrected chi connectivity index (χ2v) is 5.72. The number of hydrogen-bond donors (Lipinski definition) is 1. The highest BCUT2D eigenvalue weighted by molar-refractivity contribution is 5.33. The molecule has 0 amide bonds. The SMILES string of the molecule is N#Cc1cc(F)cc(CN2CC3CCC(O)C3C2)c1. The molecule has 1 aliphatic carbocycles. The number of likely N-dealkylation sites (tertiary alicyclic amines) is 1. The zero-order valence-corrected chi connectivity index (χ0v) is 10.7. The monoisotopic (exact) mass is 260 g/mol. The Morgan fingerprint density at radius 2 is 2.16 bits per heavy atom. The van der Waals surface area contributed by atoms with E-state index in [1.54, 1.807) is 6.07 Å². The summed E-state index contributed by atoms with van der Waals surface area (Å²) in [5.41, 5.74) is 1.21. The lowest BCUT2D eigenvalue weighted by Gasteiger charge is -2.18. The van der Waals surface area contributed by atoms with E-state index in [2.05, 4.69) is 4.90 Å². The molecule has 1 N–H and O–H groups in total. The van der Waals surface area contributed by atoms with Gasteiger partial charge < -0.3 is 5.11 Å². The van der Waals surface area contributed by atoms with Gasteiger partial charge in [0.15, 0.2) is 0 Å². The van der Waals surface area contributed by atoms with Gasteiger partial charge in [0.25, 0.3) is 0 Å². The van der Waals surface area contributed by atoms with Crippen LogP contribution in [0, 0.1) is 29.0 Å². The first kappa shape index (κ1) is 12.6. The lowest BCUT2D eigenvalue weighted by molar-refractivity contribution is 0.123. The van der Waals surface area contributed by atoms with Gasteiger partial charge in [-0.1, -0.05) is 0 Å². The zero-order chi connectivity index (χ0) is 13.4. The lowest BCUT2D eigenvalue weighted by atomic mass is 10.00. The molecule has 3 unspecified atom stereocenters. The molecular formula is C15H17FN2O. The molecule has 19 heavy (non-hydrogen) atoms. The predicted molar refractivity (Wildman–Crippen MR) is 68.6 cm³/mol. The van der Waals surface area contributed by atoms with E-state index in [0.717, 1.165) is 31.5 Å². The smallest absolute Gasteiger partial charge is 0.124 e. The van der Waals surface area contributed by atoms with Crippen LogP contribution in [-0.4, -0.2) is 29.2 Å². The highest BCUT2D eigenvalue weighted by Gasteiger charge is 2.41. The fourth-order valence-corrected chi connectivity index (χ4v) is 3.52. The summed E-state index contributed by atoms with van der Waals surface area (Å²) in [5, 5.41) is 18.7. The van der Waals surface area contributed by atoms with Crippen molar-refractivity contribution in [3.05, 3.63) is 35.1 Å². The molecule has 4 heteroatoms. The summed E-state index contributed by atoms with van der Waals surface area (Å²) in [6.45, 7) is 2.51. The van der Waals surface area contributed by atoms with Crippen LogP contribution in [0.15, 0.2) is 18.2 Å². The first-order chi connectivity index (χ1) is 9.15. The molecule has 0 aromatic heterocycles. The molecule has 1 saturated carbocycles. The van der Waals surface area contributed by atoms with Gasteiger partial charge in [-0.3, -0.25) is 4.90 Å². The molecule has 1 aromatic carbocycles. The maximum absolute atomic E-state index is 13.4. The molecule has 100 valence electrons. The second kappa shape index (κ2) is 4.92. The van der Waals surface area contributed by atoms with Crippen LogP contribution in [0.1, 0.15) is 24.0 Å². The maximum Gasteiger partial charge on any atom is 0.124 e. The topological polar surface area (TPSA) is 47.3 Å². The molecule has 3 rings (SSSR count). The quantitative estimate of drug-likeness (QED) is 0.883. The minimum absolute atomic E-state index is 0.169. The molecule has 2 aliphatic rings. The van der Waals surface area contributed by atoms with Gasteiger partial charge in [0.1, 0.15) is 5.82 Å². The van der Waals surface area contributed by atoms with E-state index in [1.165, 1.54) is 12.1 Å². The van der Waals surface area contributed by atoms with Crippen LogP contribution in [0.4, 0.5) is 4.39 Å². The fourth-order valence-electron chi connectivity index (χ4n) is 3.52. The number of aliphatic hydroxyl groups excluding tert-OH is 1. The van der Waals surface area contributed by atoms with Crippen molar-refractivity contribution in [2.45, 2.75) is 25.5 Å². The lowest BCUT2D eigenvalue weighted by Crippen LogP contribution is -2.24. The highest BCUT2D eigenvalue weighted by atomic mass is 19.1. The summed E-state index contributed by atoms with van der Waals surface area (Å²) in [4.78, 5) is 2.26. The van der Waals surface area contributed by atoms with E-state index in [9.17, 15) is 9.50 Å². The van der Waals surface area contributed by atoms with Crippen LogP contribution in [0.3, 0.4) is 0 Å². The Balaban J connectivity index is 1.70. The number of rotatable bonds is 2. The van der Waals surface area contributed by atoms with Gasteiger partial charge in [-0.2, -0.15) is 5.26 Å². The summed E-state index contributed by atoms with van der Waals surface area (Å²) in [7, 11) is 0. The number of hydrogen-bond acceptors (Lipinski definition) is 3. The van der Waals surface area contributed by atoms with Crippen molar-refractivity contribution >= 4 is 0 Å². The van der Waals surface area contributed by atoms with Gasteiger partial charge in [0, 0.05) is 25.6 Å². The Bertz CT molecular complexity index is 525. The van der Waals surface area contributed by atoms with Crippen LogP contribution < -0.4 is 0 Å². The molecule has 3 atom stereocenters. The Hall–Kier alpha value is -1.44. The van der Waals surface area contributed by atoms with Gasteiger partial charge in [0.2, 0.25) is 0 Å². The first-order valence-electron chi connectivity index (χ1n) is 6.75. The minimum atomic E-state index is -0.353. The number of fused-ring (bicyclic) bond motifs is 1. The van der Waals surface area contributed by atoms with Crippen molar-refractivity contribution in [1.82, 2.24) is 4.90 Å². The Morgan fingerprint density at radius 3 is 2.89 bits per heavy atom. The van der Waals surface area contributed by atoms with E-state index in [1.807, 2.05) is 6.07 Å². The number of nitriles is 1. The largest absolute Gasteiger partial charge is 0.393 e. The van der Waals surface area contributed by atoms with E-state index in [4.69, 9.17) is 5.26 Å². The Kier molecular flexibility index (Phi) is 3.26. The first-order valence-corrected chi connectivity index (χ1v) is 6.75. The molecule has 0 spiro atoms. The Labute approximate surface area is 112 Å². The third-order valence-electron chi connectivity index (χ3n) is 4.39. The van der Waals surface area contributed by atoms with Gasteiger partial charge in [-0.25, -0.2) is 4.39 Å². The molecule has 1 aliphatic heterocycles. The van der Waals surface area contributed by atoms with E-state index in [-0.39, 0.29) is 11.9 Å². The summed E-state index contributed by atoms with van der Waals surface area (Å²) in [6, 6.07) is 6.47. The number of aliphatic hydroxyl groups is 1.